The third-order valence-corrected chi connectivity index (χ3v) is 3.00. The van der Waals surface area contributed by atoms with Crippen LogP contribution in [0.1, 0.15) is 12.0 Å². The Morgan fingerprint density at radius 3 is 2.81 bits per heavy atom. The van der Waals surface area contributed by atoms with Crippen LogP contribution in [0.25, 0.3) is 0 Å². The molecule has 4 heteroatoms. The lowest BCUT2D eigenvalue weighted by Gasteiger charge is -2.41. The monoisotopic (exact) mass is 225 g/mol. The molecule has 2 N–H and O–H groups in total. The van der Waals surface area contributed by atoms with Crippen LogP contribution < -0.4 is 10.5 Å². The Labute approximate surface area is 94.3 Å². The molecule has 0 aliphatic heterocycles. The Hall–Kier alpha value is -1.13. The van der Waals surface area contributed by atoms with Crippen LogP contribution in [-0.4, -0.2) is 25.4 Å². The smallest absolute Gasteiger partial charge is 0.167 e. The molecule has 0 aromatic heterocycles. The van der Waals surface area contributed by atoms with Gasteiger partial charge >= 0.3 is 0 Å². The predicted octanol–water partition coefficient (Wildman–Crippen LogP) is 1.63. The Morgan fingerprint density at radius 2 is 2.19 bits per heavy atom. The molecule has 1 saturated carbocycles. The van der Waals surface area contributed by atoms with Crippen LogP contribution >= 0.6 is 0 Å². The number of benzene rings is 1. The van der Waals surface area contributed by atoms with Crippen molar-refractivity contribution in [3.63, 3.8) is 0 Å². The molecule has 1 aromatic rings. The van der Waals surface area contributed by atoms with E-state index in [1.807, 2.05) is 0 Å². The van der Waals surface area contributed by atoms with Crippen molar-refractivity contribution in [2.75, 3.05) is 7.11 Å². The van der Waals surface area contributed by atoms with Crippen LogP contribution in [0.5, 0.6) is 5.75 Å². The van der Waals surface area contributed by atoms with Crippen LogP contribution in [0, 0.1) is 12.7 Å². The first-order valence-electron chi connectivity index (χ1n) is 5.33. The van der Waals surface area contributed by atoms with Crippen molar-refractivity contribution in [1.82, 2.24) is 0 Å². The highest BCUT2D eigenvalue weighted by Gasteiger charge is 2.41. The normalized spacial score (nSPS) is 28.6. The maximum atomic E-state index is 13.7. The number of hydrogen-bond acceptors (Lipinski definition) is 3. The molecule has 2 rings (SSSR count). The van der Waals surface area contributed by atoms with Gasteiger partial charge in [0.05, 0.1) is 0 Å². The second kappa shape index (κ2) is 4.39. The average Bonchev–Trinajstić information content (AvgIpc) is 2.24. The number of halogens is 1. The lowest BCUT2D eigenvalue weighted by molar-refractivity contribution is -0.0793. The van der Waals surface area contributed by atoms with Crippen LogP contribution in [0.3, 0.4) is 0 Å². The standard InChI is InChI=1S/C12H16FNO2/c1-7-4-3-5-9(11(7)13)16-10-6-8(14)12(10)15-2/h3-5,8,10,12H,6,14H2,1-2H3. The fraction of sp³-hybridized carbons (Fsp3) is 0.500. The zero-order chi connectivity index (χ0) is 11.7. The van der Waals surface area contributed by atoms with Gasteiger partial charge in [-0.05, 0) is 18.6 Å². The molecule has 88 valence electrons. The summed E-state index contributed by atoms with van der Waals surface area (Å²) in [6, 6.07) is 5.10. The van der Waals surface area contributed by atoms with E-state index in [-0.39, 0.29) is 29.8 Å². The van der Waals surface area contributed by atoms with Gasteiger partial charge in [0, 0.05) is 19.6 Å². The predicted molar refractivity (Wildman–Crippen MR) is 58.9 cm³/mol. The van der Waals surface area contributed by atoms with Gasteiger partial charge in [-0.25, -0.2) is 4.39 Å². The molecule has 3 unspecified atom stereocenters. The maximum absolute atomic E-state index is 13.7. The van der Waals surface area contributed by atoms with Gasteiger partial charge in [-0.1, -0.05) is 12.1 Å². The third kappa shape index (κ3) is 1.90. The minimum atomic E-state index is -0.308. The van der Waals surface area contributed by atoms with Crippen LogP contribution in [0.2, 0.25) is 0 Å². The summed E-state index contributed by atoms with van der Waals surface area (Å²) in [5, 5.41) is 0. The van der Waals surface area contributed by atoms with E-state index in [4.69, 9.17) is 15.2 Å². The zero-order valence-corrected chi connectivity index (χ0v) is 9.44. The summed E-state index contributed by atoms with van der Waals surface area (Å²) in [6.45, 7) is 1.71. The lowest BCUT2D eigenvalue weighted by atomic mass is 9.86. The van der Waals surface area contributed by atoms with Crippen LogP contribution in [0.4, 0.5) is 4.39 Å². The summed E-state index contributed by atoms with van der Waals surface area (Å²) in [5.41, 5.74) is 6.33. The second-order valence-corrected chi connectivity index (χ2v) is 4.14. The number of hydrogen-bond donors (Lipinski definition) is 1. The molecule has 1 aromatic carbocycles. The summed E-state index contributed by atoms with van der Waals surface area (Å²) < 4.78 is 24.4. The van der Waals surface area contributed by atoms with E-state index < -0.39 is 0 Å². The number of rotatable bonds is 3. The van der Waals surface area contributed by atoms with E-state index in [1.54, 1.807) is 32.2 Å². The SMILES string of the molecule is COC1C(N)CC1Oc1cccc(C)c1F. The zero-order valence-electron chi connectivity index (χ0n) is 9.44. The summed E-state index contributed by atoms with van der Waals surface area (Å²) >= 11 is 0. The molecule has 0 spiro atoms. The molecule has 3 nitrogen and oxygen atoms in total. The molecule has 0 amide bonds. The fourth-order valence-corrected chi connectivity index (χ4v) is 1.93. The summed E-state index contributed by atoms with van der Waals surface area (Å²) in [5.74, 6) is -0.0308. The first kappa shape index (κ1) is 11.4. The van der Waals surface area contributed by atoms with Gasteiger partial charge in [-0.15, -0.1) is 0 Å². The Balaban J connectivity index is 2.07. The van der Waals surface area contributed by atoms with Gasteiger partial charge in [-0.3, -0.25) is 0 Å². The molecule has 0 saturated heterocycles. The first-order chi connectivity index (χ1) is 7.63. The maximum Gasteiger partial charge on any atom is 0.167 e. The van der Waals surface area contributed by atoms with E-state index in [9.17, 15) is 4.39 Å². The molecule has 16 heavy (non-hydrogen) atoms. The van der Waals surface area contributed by atoms with E-state index in [0.29, 0.717) is 12.0 Å². The Morgan fingerprint density at radius 1 is 1.44 bits per heavy atom. The lowest BCUT2D eigenvalue weighted by Crippen LogP contribution is -2.59. The van der Waals surface area contributed by atoms with Gasteiger partial charge in [-0.2, -0.15) is 0 Å². The van der Waals surface area contributed by atoms with Crippen molar-refractivity contribution in [3.05, 3.63) is 29.6 Å². The average molecular weight is 225 g/mol. The Kier molecular flexibility index (Phi) is 3.12. The summed E-state index contributed by atoms with van der Waals surface area (Å²) in [6.07, 6.45) is 0.419. The quantitative estimate of drug-likeness (QED) is 0.850. The molecular weight excluding hydrogens is 209 g/mol. The van der Waals surface area contributed by atoms with Gasteiger partial charge in [0.25, 0.3) is 0 Å². The number of ether oxygens (including phenoxy) is 2. The topological polar surface area (TPSA) is 44.5 Å². The highest BCUT2D eigenvalue weighted by Crippen LogP contribution is 2.29. The Bertz CT molecular complexity index is 383. The van der Waals surface area contributed by atoms with Gasteiger partial charge < -0.3 is 15.2 Å². The van der Waals surface area contributed by atoms with E-state index >= 15 is 0 Å². The molecule has 3 atom stereocenters. The number of nitrogens with two attached hydrogens (primary N) is 1. The molecule has 0 radical (unpaired) electrons. The minimum Gasteiger partial charge on any atom is -0.485 e. The van der Waals surface area contributed by atoms with Crippen LogP contribution in [-0.2, 0) is 4.74 Å². The molecule has 1 aliphatic carbocycles. The van der Waals surface area contributed by atoms with Crippen molar-refractivity contribution < 1.29 is 13.9 Å². The minimum absolute atomic E-state index is 0.0112. The highest BCUT2D eigenvalue weighted by atomic mass is 19.1. The van der Waals surface area contributed by atoms with Gasteiger partial charge in [0.1, 0.15) is 12.2 Å². The van der Waals surface area contributed by atoms with Crippen molar-refractivity contribution in [2.24, 2.45) is 5.73 Å². The third-order valence-electron chi connectivity index (χ3n) is 3.00. The van der Waals surface area contributed by atoms with Crippen molar-refractivity contribution in [2.45, 2.75) is 31.6 Å². The van der Waals surface area contributed by atoms with Crippen molar-refractivity contribution in [1.29, 1.82) is 0 Å². The second-order valence-electron chi connectivity index (χ2n) is 4.14. The molecule has 1 aliphatic rings. The molecule has 1 fully saturated rings. The van der Waals surface area contributed by atoms with Crippen LogP contribution in [0.15, 0.2) is 18.2 Å². The largest absolute Gasteiger partial charge is 0.485 e. The molecular formula is C12H16FNO2. The van der Waals surface area contributed by atoms with Gasteiger partial charge in [0.15, 0.2) is 11.6 Å². The van der Waals surface area contributed by atoms with E-state index in [0.717, 1.165) is 0 Å². The summed E-state index contributed by atoms with van der Waals surface area (Å²) in [7, 11) is 1.59. The van der Waals surface area contributed by atoms with Crippen molar-refractivity contribution >= 4 is 0 Å². The van der Waals surface area contributed by atoms with E-state index in [2.05, 4.69) is 0 Å². The van der Waals surface area contributed by atoms with Gasteiger partial charge in [0.2, 0.25) is 0 Å². The first-order valence-corrected chi connectivity index (χ1v) is 5.33. The van der Waals surface area contributed by atoms with Crippen molar-refractivity contribution in [3.8, 4) is 5.75 Å². The summed E-state index contributed by atoms with van der Waals surface area (Å²) in [4.78, 5) is 0. The highest BCUT2D eigenvalue weighted by molar-refractivity contribution is 5.30. The molecule has 0 bridgehead atoms. The number of methoxy groups -OCH3 is 1. The van der Waals surface area contributed by atoms with E-state index in [1.165, 1.54) is 0 Å². The number of aryl methyl sites for hydroxylation is 1. The molecule has 0 heterocycles. The fourth-order valence-electron chi connectivity index (χ4n) is 1.93.